The Morgan fingerprint density at radius 3 is 1.76 bits per heavy atom. The molecule has 0 aromatic heterocycles. The maximum absolute atomic E-state index is 10.8. The van der Waals surface area contributed by atoms with Gasteiger partial charge in [-0.15, -0.1) is 0 Å². The molecule has 1 N–H and O–H groups in total. The summed E-state index contributed by atoms with van der Waals surface area (Å²) in [6.45, 7) is 15.1. The van der Waals surface area contributed by atoms with Gasteiger partial charge in [0.2, 0.25) is 5.75 Å². The predicted molar refractivity (Wildman–Crippen MR) is 184 cm³/mol. The number of allylic oxidation sites excluding steroid dienone is 2. The fourth-order valence-corrected chi connectivity index (χ4v) is 4.33. The van der Waals surface area contributed by atoms with E-state index in [2.05, 4.69) is 24.0 Å². The number of hydrogen-bond donors (Lipinski definition) is 1. The summed E-state index contributed by atoms with van der Waals surface area (Å²) in [5.41, 5.74) is 3.87. The number of ketones is 1. The first-order chi connectivity index (χ1) is 21.6. The molecule has 3 rings (SSSR count). The Labute approximate surface area is 276 Å². The van der Waals surface area contributed by atoms with Crippen molar-refractivity contribution in [2.45, 2.75) is 80.2 Å². The molecule has 0 atom stereocenters. The zero-order valence-corrected chi connectivity index (χ0v) is 30.0. The number of fused-ring (bicyclic) bond motifs is 1. The van der Waals surface area contributed by atoms with E-state index in [0.717, 1.165) is 43.0 Å². The van der Waals surface area contributed by atoms with Crippen LogP contribution < -0.4 is 23.7 Å². The number of aryl methyl sites for hydroxylation is 1. The Morgan fingerprint density at radius 2 is 1.36 bits per heavy atom. The highest BCUT2D eigenvalue weighted by Crippen LogP contribution is 2.37. The maximum Gasteiger partial charge on any atom is 0.290 e. The summed E-state index contributed by atoms with van der Waals surface area (Å²) in [6.07, 6.45) is 6.70. The van der Waals surface area contributed by atoms with Crippen molar-refractivity contribution in [2.24, 2.45) is 0 Å². The molecule has 2 aromatic rings. The number of ether oxygens (including phenoxy) is 5. The summed E-state index contributed by atoms with van der Waals surface area (Å²) in [6, 6.07) is 8.07. The fourth-order valence-electron chi connectivity index (χ4n) is 4.23. The molecule has 0 radical (unpaired) electrons. The summed E-state index contributed by atoms with van der Waals surface area (Å²) < 4.78 is 26.2. The molecule has 0 unspecified atom stereocenters. The van der Waals surface area contributed by atoms with Gasteiger partial charge in [0.25, 0.3) is 6.47 Å². The molecule has 10 heteroatoms. The normalized spacial score (nSPS) is 11.6. The SMILES string of the molecule is C/C=C(\Cl)C(=O)CCC.CC.CCCCN1CCc2cc(OC)c(OC)cc2C1.COc1cc(C)cc(OC)c1OC.O=CO. The summed E-state index contributed by atoms with van der Waals surface area (Å²) in [5.74, 6) is 3.75. The van der Waals surface area contributed by atoms with Gasteiger partial charge in [-0.25, -0.2) is 0 Å². The number of unbranched alkanes of at least 4 members (excludes halogenated alkanes) is 1. The lowest BCUT2D eigenvalue weighted by atomic mass is 9.98. The Morgan fingerprint density at radius 1 is 0.867 bits per heavy atom. The predicted octanol–water partition coefficient (Wildman–Crippen LogP) is 8.11. The van der Waals surface area contributed by atoms with Crippen molar-refractivity contribution in [1.82, 2.24) is 4.90 Å². The molecule has 1 heterocycles. The van der Waals surface area contributed by atoms with Gasteiger partial charge in [0, 0.05) is 19.5 Å². The van der Waals surface area contributed by atoms with Crippen molar-refractivity contribution in [3.63, 3.8) is 0 Å². The van der Waals surface area contributed by atoms with E-state index in [0.29, 0.717) is 28.7 Å². The van der Waals surface area contributed by atoms with Crippen LogP contribution in [0, 0.1) is 6.92 Å². The first-order valence-corrected chi connectivity index (χ1v) is 15.7. The minimum atomic E-state index is -0.250. The van der Waals surface area contributed by atoms with E-state index in [1.807, 2.05) is 39.8 Å². The van der Waals surface area contributed by atoms with Crippen molar-refractivity contribution < 1.29 is 38.4 Å². The third-order valence-electron chi connectivity index (χ3n) is 6.43. The van der Waals surface area contributed by atoms with Crippen molar-refractivity contribution >= 4 is 23.9 Å². The van der Waals surface area contributed by atoms with E-state index < -0.39 is 0 Å². The molecule has 0 saturated heterocycles. The Bertz CT molecular complexity index is 1110. The number of Topliss-reactive ketones (excluding diaryl/α,β-unsaturated/α-hetero) is 1. The van der Waals surface area contributed by atoms with Crippen LogP contribution in [-0.4, -0.2) is 70.9 Å². The van der Waals surface area contributed by atoms with Gasteiger partial charge in [-0.2, -0.15) is 0 Å². The number of nitrogens with zero attached hydrogens (tertiary/aromatic N) is 1. The molecule has 0 spiro atoms. The summed E-state index contributed by atoms with van der Waals surface area (Å²) in [5, 5.41) is 7.25. The van der Waals surface area contributed by atoms with Crippen LogP contribution in [-0.2, 0) is 22.6 Å². The summed E-state index contributed by atoms with van der Waals surface area (Å²) in [4.78, 5) is 21.7. The molecule has 0 saturated carbocycles. The third-order valence-corrected chi connectivity index (χ3v) is 6.86. The van der Waals surface area contributed by atoms with Gasteiger partial charge in [0.1, 0.15) is 0 Å². The second-order valence-electron chi connectivity index (χ2n) is 9.47. The molecule has 45 heavy (non-hydrogen) atoms. The van der Waals surface area contributed by atoms with Gasteiger partial charge in [-0.3, -0.25) is 14.5 Å². The van der Waals surface area contributed by atoms with Gasteiger partial charge < -0.3 is 28.8 Å². The van der Waals surface area contributed by atoms with Crippen molar-refractivity contribution in [3.8, 4) is 28.7 Å². The molecule has 2 aromatic carbocycles. The van der Waals surface area contributed by atoms with Crippen LogP contribution in [0.25, 0.3) is 0 Å². The highest BCUT2D eigenvalue weighted by atomic mass is 35.5. The van der Waals surface area contributed by atoms with Gasteiger partial charge in [0.15, 0.2) is 28.8 Å². The third kappa shape index (κ3) is 16.5. The van der Waals surface area contributed by atoms with E-state index in [-0.39, 0.29) is 12.3 Å². The minimum Gasteiger partial charge on any atom is -0.493 e. The zero-order chi connectivity index (χ0) is 34.8. The first kappa shape index (κ1) is 43.7. The molecular weight excluding hydrogens is 598 g/mol. The van der Waals surface area contributed by atoms with E-state index in [1.165, 1.54) is 30.5 Å². The number of benzene rings is 2. The lowest BCUT2D eigenvalue weighted by Gasteiger charge is -2.29. The van der Waals surface area contributed by atoms with Crippen LogP contribution in [0.2, 0.25) is 0 Å². The fraction of sp³-hybridized carbons (Fsp3) is 0.543. The van der Waals surface area contributed by atoms with Gasteiger partial charge in [-0.1, -0.05) is 51.8 Å². The van der Waals surface area contributed by atoms with E-state index in [4.69, 9.17) is 45.2 Å². The van der Waals surface area contributed by atoms with Crippen LogP contribution in [0.4, 0.5) is 0 Å². The van der Waals surface area contributed by atoms with Crippen molar-refractivity contribution in [3.05, 3.63) is 52.1 Å². The van der Waals surface area contributed by atoms with Gasteiger partial charge in [-0.05, 0) is 80.6 Å². The Balaban J connectivity index is 0. The smallest absolute Gasteiger partial charge is 0.290 e. The van der Waals surface area contributed by atoms with Crippen LogP contribution in [0.15, 0.2) is 35.4 Å². The number of hydrogen-bond acceptors (Lipinski definition) is 8. The molecule has 0 amide bonds. The van der Waals surface area contributed by atoms with Crippen LogP contribution >= 0.6 is 11.6 Å². The van der Waals surface area contributed by atoms with Crippen LogP contribution in [0.5, 0.6) is 28.7 Å². The molecule has 9 nitrogen and oxygen atoms in total. The first-order valence-electron chi connectivity index (χ1n) is 15.3. The van der Waals surface area contributed by atoms with E-state index in [1.54, 1.807) is 48.5 Å². The standard InChI is InChI=1S/C15H23NO2.C10H14O3.C7H11ClO.C2H6.CH2O2/c1-4-5-7-16-8-6-12-9-14(17-2)15(18-3)10-13(12)11-16;1-7-5-8(11-2)10(13-4)9(6-7)12-3;1-3-5-7(9)6(8)4-2;1-2;2-1-3/h9-10H,4-8,11H2,1-3H3;5-6H,1-4H3;4H,3,5H2,1-2H3;1-2H3;1H,(H,2,3)/b;;6-4-;;. The van der Waals surface area contributed by atoms with Crippen molar-refractivity contribution in [1.29, 1.82) is 0 Å². The quantitative estimate of drug-likeness (QED) is 0.190. The summed E-state index contributed by atoms with van der Waals surface area (Å²) >= 11 is 5.51. The number of rotatable bonds is 11. The molecule has 0 aliphatic carbocycles. The van der Waals surface area contributed by atoms with E-state index >= 15 is 0 Å². The maximum atomic E-state index is 10.8. The molecule has 256 valence electrons. The highest BCUT2D eigenvalue weighted by Gasteiger charge is 2.19. The topological polar surface area (TPSA) is 104 Å². The second kappa shape index (κ2) is 26.9. The molecule has 0 fully saturated rings. The van der Waals surface area contributed by atoms with Crippen LogP contribution in [0.1, 0.15) is 77.0 Å². The van der Waals surface area contributed by atoms with Crippen LogP contribution in [0.3, 0.4) is 0 Å². The number of carbonyl (C=O) groups is 2. The average Bonchev–Trinajstić information content (AvgIpc) is 3.07. The number of carbonyl (C=O) groups excluding carboxylic acids is 1. The lowest BCUT2D eigenvalue weighted by molar-refractivity contribution is -0.123. The number of halogens is 1. The largest absolute Gasteiger partial charge is 0.493 e. The van der Waals surface area contributed by atoms with Gasteiger partial charge >= 0.3 is 0 Å². The minimum absolute atomic E-state index is 0.0432. The molecule has 0 bridgehead atoms. The van der Waals surface area contributed by atoms with Crippen molar-refractivity contribution in [2.75, 3.05) is 48.6 Å². The monoisotopic (exact) mass is 653 g/mol. The zero-order valence-electron chi connectivity index (χ0n) is 29.3. The average molecular weight is 654 g/mol. The number of methoxy groups -OCH3 is 5. The number of carboxylic acid groups (broad SMARTS) is 1. The van der Waals surface area contributed by atoms with Gasteiger partial charge in [0.05, 0.1) is 40.6 Å². The van der Waals surface area contributed by atoms with E-state index in [9.17, 15) is 4.79 Å². The summed E-state index contributed by atoms with van der Waals surface area (Å²) in [7, 11) is 8.20. The molecule has 1 aliphatic heterocycles. The lowest BCUT2D eigenvalue weighted by Crippen LogP contribution is -2.31. The second-order valence-corrected chi connectivity index (χ2v) is 9.88. The molecule has 1 aliphatic rings. The molecular formula is C35H56ClNO8. The Hall–Kier alpha value is -3.43. The highest BCUT2D eigenvalue weighted by molar-refractivity contribution is 6.42. The Kier molecular flexibility index (Phi) is 26.1.